The summed E-state index contributed by atoms with van der Waals surface area (Å²) in [5.41, 5.74) is 2.83. The molecule has 1 aromatic carbocycles. The summed E-state index contributed by atoms with van der Waals surface area (Å²) in [4.78, 5) is 13.5. The third-order valence-electron chi connectivity index (χ3n) is 9.33. The van der Waals surface area contributed by atoms with Gasteiger partial charge in [-0.15, -0.1) is 11.3 Å². The second kappa shape index (κ2) is 7.72. The van der Waals surface area contributed by atoms with Crippen molar-refractivity contribution in [2.45, 2.75) is 78.7 Å². The highest BCUT2D eigenvalue weighted by atomic mass is 32.1. The zero-order valence-corrected chi connectivity index (χ0v) is 20.3. The zero-order valence-electron chi connectivity index (χ0n) is 19.5. The molecular formula is C27H36N2OS. The number of thiophene rings is 1. The molecule has 4 atom stereocenters. The smallest absolute Gasteiger partial charge is 0.179 e. The molecule has 31 heavy (non-hydrogen) atoms. The highest BCUT2D eigenvalue weighted by molar-refractivity contribution is 7.17. The van der Waals surface area contributed by atoms with E-state index >= 15 is 0 Å². The number of unbranched alkanes of at least 4 members (excludes halogenated alkanes) is 1. The number of hydrogen-bond donors (Lipinski definition) is 0. The fourth-order valence-corrected chi connectivity index (χ4v) is 7.80. The van der Waals surface area contributed by atoms with E-state index in [1.165, 1.54) is 34.9 Å². The van der Waals surface area contributed by atoms with Crippen LogP contribution in [0.3, 0.4) is 0 Å². The summed E-state index contributed by atoms with van der Waals surface area (Å²) >= 11 is 1.81. The number of fused-ring (bicyclic) bond motifs is 3. The van der Waals surface area contributed by atoms with Crippen LogP contribution in [0.5, 0.6) is 0 Å². The molecule has 0 radical (unpaired) electrons. The van der Waals surface area contributed by atoms with Crippen LogP contribution in [-0.4, -0.2) is 23.0 Å². The van der Waals surface area contributed by atoms with Crippen molar-refractivity contribution >= 4 is 32.9 Å². The fourth-order valence-electron chi connectivity index (χ4n) is 6.80. The predicted octanol–water partition coefficient (Wildman–Crippen LogP) is 7.23. The van der Waals surface area contributed by atoms with Crippen molar-refractivity contribution in [1.29, 1.82) is 0 Å². The fraction of sp³-hybridized carbons (Fsp3) is 0.630. The molecule has 2 fully saturated rings. The van der Waals surface area contributed by atoms with Crippen molar-refractivity contribution in [3.05, 3.63) is 35.2 Å². The van der Waals surface area contributed by atoms with Crippen LogP contribution in [-0.2, 0) is 4.79 Å². The largest absolute Gasteiger partial charge is 0.293 e. The van der Waals surface area contributed by atoms with Gasteiger partial charge >= 0.3 is 0 Å². The van der Waals surface area contributed by atoms with Crippen LogP contribution in [0.15, 0.2) is 34.7 Å². The van der Waals surface area contributed by atoms with Gasteiger partial charge in [0.1, 0.15) is 5.71 Å². The Morgan fingerprint density at radius 3 is 2.77 bits per heavy atom. The number of carbonyl (C=O) groups is 1. The molecular weight excluding hydrogens is 400 g/mol. The van der Waals surface area contributed by atoms with E-state index in [4.69, 9.17) is 5.10 Å². The van der Waals surface area contributed by atoms with Crippen molar-refractivity contribution in [1.82, 2.24) is 5.01 Å². The molecule has 0 N–H and O–H groups in total. The third kappa shape index (κ3) is 3.28. The SMILES string of the molecule is CCCCN1N=C(C(=O)C[C@H]2C[C@@H]3CC[C@]2(C)C3(C)C)CC1c1csc2ccccc12. The summed E-state index contributed by atoms with van der Waals surface area (Å²) in [5, 5.41) is 10.8. The van der Waals surface area contributed by atoms with Crippen LogP contribution in [0.25, 0.3) is 10.1 Å². The zero-order chi connectivity index (χ0) is 21.8. The Labute approximate surface area is 190 Å². The highest BCUT2D eigenvalue weighted by Crippen LogP contribution is 2.68. The van der Waals surface area contributed by atoms with Crippen LogP contribution in [0.4, 0.5) is 0 Å². The average molecular weight is 437 g/mol. The minimum Gasteiger partial charge on any atom is -0.293 e. The predicted molar refractivity (Wildman–Crippen MR) is 131 cm³/mol. The number of nitrogens with zero attached hydrogens (tertiary/aromatic N) is 2. The van der Waals surface area contributed by atoms with Crippen molar-refractivity contribution in [3.8, 4) is 0 Å². The second-order valence-corrected chi connectivity index (χ2v) is 11.8. The lowest BCUT2D eigenvalue weighted by molar-refractivity contribution is -0.115. The Balaban J connectivity index is 1.36. The maximum Gasteiger partial charge on any atom is 0.179 e. The third-order valence-corrected chi connectivity index (χ3v) is 10.3. The van der Waals surface area contributed by atoms with Crippen LogP contribution in [0.1, 0.15) is 84.2 Å². The van der Waals surface area contributed by atoms with Gasteiger partial charge < -0.3 is 0 Å². The number of rotatable bonds is 7. The van der Waals surface area contributed by atoms with Crippen molar-refractivity contribution < 1.29 is 4.79 Å². The van der Waals surface area contributed by atoms with Crippen LogP contribution < -0.4 is 0 Å². The van der Waals surface area contributed by atoms with Crippen LogP contribution in [0, 0.1) is 22.7 Å². The monoisotopic (exact) mass is 436 g/mol. The Hall–Kier alpha value is -1.68. The Kier molecular flexibility index (Phi) is 5.28. The topological polar surface area (TPSA) is 32.7 Å². The molecule has 2 bridgehead atoms. The molecule has 2 aliphatic carbocycles. The van der Waals surface area contributed by atoms with Gasteiger partial charge in [0.25, 0.3) is 0 Å². The van der Waals surface area contributed by atoms with Crippen molar-refractivity contribution in [3.63, 3.8) is 0 Å². The van der Waals surface area contributed by atoms with Crippen molar-refractivity contribution in [2.24, 2.45) is 27.8 Å². The van der Waals surface area contributed by atoms with Gasteiger partial charge in [-0.25, -0.2) is 0 Å². The molecule has 1 aliphatic heterocycles. The summed E-state index contributed by atoms with van der Waals surface area (Å²) in [6.07, 6.45) is 7.55. The van der Waals surface area contributed by atoms with Crippen LogP contribution >= 0.6 is 11.3 Å². The van der Waals surface area contributed by atoms with Gasteiger partial charge in [0, 0.05) is 24.1 Å². The maximum atomic E-state index is 13.5. The van der Waals surface area contributed by atoms with Gasteiger partial charge in [-0.05, 0) is 70.7 Å². The minimum atomic E-state index is 0.203. The molecule has 4 heteroatoms. The van der Waals surface area contributed by atoms with E-state index in [1.54, 1.807) is 0 Å². The molecule has 5 rings (SSSR count). The molecule has 2 heterocycles. The van der Waals surface area contributed by atoms with E-state index < -0.39 is 0 Å². The van der Waals surface area contributed by atoms with E-state index in [0.29, 0.717) is 29.0 Å². The number of benzene rings is 1. The second-order valence-electron chi connectivity index (χ2n) is 10.9. The lowest BCUT2D eigenvalue weighted by atomic mass is 9.65. The molecule has 2 aromatic rings. The molecule has 166 valence electrons. The van der Waals surface area contributed by atoms with Crippen molar-refractivity contribution in [2.75, 3.05) is 6.54 Å². The molecule has 0 saturated heterocycles. The number of hydrazone groups is 1. The van der Waals surface area contributed by atoms with Gasteiger partial charge in [0.15, 0.2) is 5.78 Å². The Morgan fingerprint density at radius 1 is 1.26 bits per heavy atom. The summed E-state index contributed by atoms with van der Waals surface area (Å²) in [5.74, 6) is 1.60. The first kappa shape index (κ1) is 21.2. The van der Waals surface area contributed by atoms with E-state index in [1.807, 2.05) is 11.3 Å². The van der Waals surface area contributed by atoms with Gasteiger partial charge in [0.05, 0.1) is 6.04 Å². The quantitative estimate of drug-likeness (QED) is 0.459. The summed E-state index contributed by atoms with van der Waals surface area (Å²) in [6.45, 7) is 10.5. The first-order chi connectivity index (χ1) is 14.8. The van der Waals surface area contributed by atoms with E-state index in [0.717, 1.165) is 37.4 Å². The van der Waals surface area contributed by atoms with E-state index in [-0.39, 0.29) is 6.04 Å². The van der Waals surface area contributed by atoms with Gasteiger partial charge in [0.2, 0.25) is 0 Å². The number of Topliss-reactive ketones (excluding diaryl/α,β-unsaturated/α-hetero) is 1. The normalized spacial score (nSPS) is 31.5. The first-order valence-corrected chi connectivity index (χ1v) is 13.1. The standard InChI is InChI=1S/C27H36N2OS/c1-5-6-13-29-23(21-17-31-25-10-8-7-9-20(21)25)16-22(28-29)24(30)15-19-14-18-11-12-27(19,4)26(18,2)3/h7-10,17-19,23H,5-6,11-16H2,1-4H3/t18-,19+,23?,27-/m0/s1. The number of hydrogen-bond acceptors (Lipinski definition) is 4. The summed E-state index contributed by atoms with van der Waals surface area (Å²) < 4.78 is 1.32. The van der Waals surface area contributed by atoms with Gasteiger partial charge in [-0.2, -0.15) is 5.10 Å². The molecule has 2 saturated carbocycles. The van der Waals surface area contributed by atoms with Gasteiger partial charge in [-0.1, -0.05) is 52.3 Å². The molecule has 3 aliphatic rings. The molecule has 0 spiro atoms. The lowest BCUT2D eigenvalue weighted by Crippen LogP contribution is -2.34. The molecule has 1 unspecified atom stereocenters. The average Bonchev–Trinajstić information content (AvgIpc) is 3.46. The number of carbonyl (C=O) groups excluding carboxylic acids is 1. The molecule has 1 aromatic heterocycles. The highest BCUT2D eigenvalue weighted by Gasteiger charge is 2.61. The Bertz CT molecular complexity index is 1020. The Morgan fingerprint density at radius 2 is 2.06 bits per heavy atom. The first-order valence-electron chi connectivity index (χ1n) is 12.2. The number of ketones is 1. The van der Waals surface area contributed by atoms with Crippen LogP contribution in [0.2, 0.25) is 0 Å². The van der Waals surface area contributed by atoms with E-state index in [2.05, 4.69) is 62.3 Å². The molecule has 0 amide bonds. The van der Waals surface area contributed by atoms with Gasteiger partial charge in [-0.3, -0.25) is 9.80 Å². The van der Waals surface area contributed by atoms with E-state index in [9.17, 15) is 4.79 Å². The minimum absolute atomic E-state index is 0.203. The maximum absolute atomic E-state index is 13.5. The lowest BCUT2D eigenvalue weighted by Gasteiger charge is -2.39. The molecule has 3 nitrogen and oxygen atoms in total. The summed E-state index contributed by atoms with van der Waals surface area (Å²) in [7, 11) is 0. The summed E-state index contributed by atoms with van der Waals surface area (Å²) in [6, 6.07) is 8.84.